The molecule has 0 amide bonds. The van der Waals surface area contributed by atoms with Crippen LogP contribution in [0.1, 0.15) is 36.0 Å². The maximum atomic E-state index is 12.4. The van der Waals surface area contributed by atoms with E-state index < -0.39 is 5.97 Å². The summed E-state index contributed by atoms with van der Waals surface area (Å²) < 4.78 is 15.8. The Hall–Kier alpha value is -2.28. The Morgan fingerprint density at radius 2 is 1.60 bits per heavy atom. The zero-order valence-corrected chi connectivity index (χ0v) is 15.1. The molecule has 2 saturated heterocycles. The second-order valence-corrected chi connectivity index (χ2v) is 6.57. The smallest absolute Gasteiger partial charge is 0.365 e. The third-order valence-corrected chi connectivity index (χ3v) is 5.27. The largest absolute Gasteiger partial charge is 0.493 e. The van der Waals surface area contributed by atoms with Gasteiger partial charge in [-0.3, -0.25) is 0 Å². The summed E-state index contributed by atoms with van der Waals surface area (Å²) in [7, 11) is 6.76. The molecule has 0 aliphatic carbocycles. The summed E-state index contributed by atoms with van der Waals surface area (Å²) in [6, 6.07) is 4.31. The van der Waals surface area contributed by atoms with E-state index >= 15 is 0 Å². The molecule has 136 valence electrons. The number of carbonyl (C=O) groups excluding carboxylic acids is 1. The summed E-state index contributed by atoms with van der Waals surface area (Å²) in [6.45, 7) is 0. The van der Waals surface area contributed by atoms with Crippen LogP contribution in [0.3, 0.4) is 0 Å². The van der Waals surface area contributed by atoms with Crippen molar-refractivity contribution in [2.75, 3.05) is 28.4 Å². The molecule has 25 heavy (non-hydrogen) atoms. The van der Waals surface area contributed by atoms with Crippen molar-refractivity contribution < 1.29 is 28.7 Å². The van der Waals surface area contributed by atoms with Gasteiger partial charge in [-0.2, -0.15) is 0 Å². The van der Waals surface area contributed by atoms with E-state index in [0.29, 0.717) is 34.9 Å². The highest BCUT2D eigenvalue weighted by Gasteiger charge is 2.41. The van der Waals surface area contributed by atoms with Crippen LogP contribution in [0.4, 0.5) is 0 Å². The highest BCUT2D eigenvalue weighted by Crippen LogP contribution is 2.38. The Morgan fingerprint density at radius 1 is 1.04 bits per heavy atom. The number of nitrogens with one attached hydrogen (secondary N) is 1. The molecule has 2 unspecified atom stereocenters. The predicted octanol–water partition coefficient (Wildman–Crippen LogP) is 1.06. The molecule has 2 fully saturated rings. The Balaban J connectivity index is 1.74. The monoisotopic (exact) mass is 349 g/mol. The number of methoxy groups -OCH3 is 3. The van der Waals surface area contributed by atoms with E-state index in [1.807, 2.05) is 0 Å². The summed E-state index contributed by atoms with van der Waals surface area (Å²) >= 11 is 0. The van der Waals surface area contributed by atoms with Crippen LogP contribution < -0.4 is 19.1 Å². The number of hydrogen-bond donors (Lipinski definition) is 1. The van der Waals surface area contributed by atoms with Gasteiger partial charge in [0.15, 0.2) is 11.5 Å². The van der Waals surface area contributed by atoms with Gasteiger partial charge in [-0.1, -0.05) is 5.16 Å². The van der Waals surface area contributed by atoms with Gasteiger partial charge in [-0.05, 0) is 12.1 Å². The predicted molar refractivity (Wildman–Crippen MR) is 91.9 cm³/mol. The lowest BCUT2D eigenvalue weighted by Gasteiger charge is -2.28. The van der Waals surface area contributed by atoms with Crippen molar-refractivity contribution in [3.8, 4) is 17.2 Å². The van der Waals surface area contributed by atoms with Crippen molar-refractivity contribution >= 4 is 11.7 Å². The average molecular weight is 349 g/mol. The topological polar surface area (TPSA) is 70.8 Å². The van der Waals surface area contributed by atoms with E-state index in [2.05, 4.69) is 12.2 Å². The van der Waals surface area contributed by atoms with Crippen LogP contribution in [0, 0.1) is 0 Å². The number of hydrogen-bond acceptors (Lipinski definition) is 6. The standard InChI is InChI=1S/C18H24N2O5/c1-20-13-5-6-14(20)10-12(9-13)19-25-18(21)11-7-15(22-2)17(24-4)16(8-11)23-3/h7-8,13-14H,5-6,9-10H2,1-4H3/p+1. The summed E-state index contributed by atoms with van der Waals surface area (Å²) in [5.74, 6) is 0.706. The van der Waals surface area contributed by atoms with Crippen molar-refractivity contribution in [2.45, 2.75) is 37.8 Å². The summed E-state index contributed by atoms with van der Waals surface area (Å²) in [5.41, 5.74) is 1.28. The molecule has 7 nitrogen and oxygen atoms in total. The van der Waals surface area contributed by atoms with Crippen LogP contribution in [0.25, 0.3) is 0 Å². The van der Waals surface area contributed by atoms with E-state index in [9.17, 15) is 4.79 Å². The number of benzene rings is 1. The number of quaternary nitrogens is 1. The SMILES string of the molecule is COc1cc(C(=O)ON=C2CC3CCC(C2)[NH+]3C)cc(OC)c1OC. The number of ether oxygens (including phenoxy) is 3. The first-order valence-corrected chi connectivity index (χ1v) is 8.47. The van der Waals surface area contributed by atoms with E-state index in [-0.39, 0.29) is 0 Å². The first-order valence-electron chi connectivity index (χ1n) is 8.47. The van der Waals surface area contributed by atoms with Crippen molar-refractivity contribution in [1.29, 1.82) is 0 Å². The van der Waals surface area contributed by atoms with E-state index in [4.69, 9.17) is 19.0 Å². The second kappa shape index (κ2) is 7.31. The molecule has 2 atom stereocenters. The third kappa shape index (κ3) is 3.42. The van der Waals surface area contributed by atoms with Crippen LogP contribution in [-0.2, 0) is 4.84 Å². The van der Waals surface area contributed by atoms with Crippen molar-refractivity contribution in [3.05, 3.63) is 17.7 Å². The van der Waals surface area contributed by atoms with E-state index in [1.54, 1.807) is 17.0 Å². The molecule has 2 aliphatic rings. The molecule has 0 radical (unpaired) electrons. The molecule has 2 aliphatic heterocycles. The van der Waals surface area contributed by atoms with Gasteiger partial charge >= 0.3 is 5.97 Å². The molecule has 0 saturated carbocycles. The summed E-state index contributed by atoms with van der Waals surface area (Å²) in [6.07, 6.45) is 4.22. The quantitative estimate of drug-likeness (QED) is 0.636. The maximum absolute atomic E-state index is 12.4. The zero-order valence-electron chi connectivity index (χ0n) is 15.1. The zero-order chi connectivity index (χ0) is 18.0. The van der Waals surface area contributed by atoms with Gasteiger partial charge in [-0.15, -0.1) is 0 Å². The fourth-order valence-corrected chi connectivity index (χ4v) is 3.80. The van der Waals surface area contributed by atoms with Crippen molar-refractivity contribution in [2.24, 2.45) is 5.16 Å². The Labute approximate surface area is 147 Å². The van der Waals surface area contributed by atoms with Crippen LogP contribution >= 0.6 is 0 Å². The van der Waals surface area contributed by atoms with Gasteiger partial charge in [0.1, 0.15) is 0 Å². The minimum Gasteiger partial charge on any atom is -0.493 e. The van der Waals surface area contributed by atoms with Crippen molar-refractivity contribution in [1.82, 2.24) is 0 Å². The van der Waals surface area contributed by atoms with Gasteiger partial charge < -0.3 is 23.9 Å². The number of carbonyl (C=O) groups is 1. The Bertz CT molecular complexity index is 647. The normalized spacial score (nSPS) is 24.6. The van der Waals surface area contributed by atoms with Gasteiger partial charge in [0.2, 0.25) is 5.75 Å². The lowest BCUT2D eigenvalue weighted by molar-refractivity contribution is -0.917. The average Bonchev–Trinajstić information content (AvgIpc) is 2.85. The fraction of sp³-hybridized carbons (Fsp3) is 0.556. The lowest BCUT2D eigenvalue weighted by atomic mass is 10.0. The van der Waals surface area contributed by atoms with Crippen LogP contribution in [0.5, 0.6) is 17.2 Å². The molecule has 7 heteroatoms. The molecule has 2 heterocycles. The molecule has 0 aromatic heterocycles. The van der Waals surface area contributed by atoms with E-state index in [1.165, 1.54) is 34.2 Å². The highest BCUT2D eigenvalue weighted by molar-refractivity contribution is 5.92. The molecule has 1 aromatic rings. The maximum Gasteiger partial charge on any atom is 0.365 e. The second-order valence-electron chi connectivity index (χ2n) is 6.57. The lowest BCUT2D eigenvalue weighted by Crippen LogP contribution is -3.15. The van der Waals surface area contributed by atoms with Gasteiger partial charge in [0, 0.05) is 25.7 Å². The molecule has 2 bridgehead atoms. The van der Waals surface area contributed by atoms with Gasteiger partial charge in [0.05, 0.1) is 51.7 Å². The molecule has 0 spiro atoms. The minimum atomic E-state index is -0.537. The van der Waals surface area contributed by atoms with Crippen LogP contribution in [0.2, 0.25) is 0 Å². The fourth-order valence-electron chi connectivity index (χ4n) is 3.80. The number of rotatable bonds is 5. The van der Waals surface area contributed by atoms with E-state index in [0.717, 1.165) is 18.6 Å². The summed E-state index contributed by atoms with van der Waals surface area (Å²) in [4.78, 5) is 19.1. The molecular formula is C18H25N2O5+. The Morgan fingerprint density at radius 3 is 2.08 bits per heavy atom. The molecule has 3 rings (SSSR count). The summed E-state index contributed by atoms with van der Waals surface area (Å²) in [5, 5.41) is 4.13. The number of fused-ring (bicyclic) bond motifs is 2. The van der Waals surface area contributed by atoms with Crippen molar-refractivity contribution in [3.63, 3.8) is 0 Å². The van der Waals surface area contributed by atoms with Gasteiger partial charge in [-0.25, -0.2) is 4.79 Å². The highest BCUT2D eigenvalue weighted by atomic mass is 16.7. The third-order valence-electron chi connectivity index (χ3n) is 5.27. The Kier molecular flexibility index (Phi) is 5.13. The van der Waals surface area contributed by atoms with Crippen LogP contribution in [0.15, 0.2) is 17.3 Å². The number of piperidine rings is 1. The minimum absolute atomic E-state index is 0.306. The molecular weight excluding hydrogens is 324 g/mol. The number of nitrogens with zero attached hydrogens (tertiary/aromatic N) is 1. The van der Waals surface area contributed by atoms with Gasteiger partial charge in [0.25, 0.3) is 0 Å². The molecule has 1 aromatic carbocycles. The van der Waals surface area contributed by atoms with Crippen LogP contribution in [-0.4, -0.2) is 52.1 Å². The first-order chi connectivity index (χ1) is 12.1. The molecule has 1 N–H and O–H groups in total. The first kappa shape index (κ1) is 17.5. The number of oxime groups is 1.